The molecule has 0 saturated carbocycles. The summed E-state index contributed by atoms with van der Waals surface area (Å²) in [5, 5.41) is 0. The molecule has 4 rings (SSSR count). The molecule has 1 aliphatic rings. The van der Waals surface area contributed by atoms with Crippen LogP contribution in [0.3, 0.4) is 0 Å². The van der Waals surface area contributed by atoms with E-state index < -0.39 is 15.9 Å². The van der Waals surface area contributed by atoms with Crippen LogP contribution in [0.2, 0.25) is 0 Å². The van der Waals surface area contributed by atoms with Gasteiger partial charge in [0.05, 0.1) is 23.1 Å². The molecule has 0 aromatic heterocycles. The first-order valence-electron chi connectivity index (χ1n) is 9.83. The van der Waals surface area contributed by atoms with Crippen molar-refractivity contribution in [3.63, 3.8) is 0 Å². The van der Waals surface area contributed by atoms with E-state index in [1.807, 2.05) is 67.6 Å². The van der Waals surface area contributed by atoms with E-state index in [0.29, 0.717) is 11.3 Å². The summed E-state index contributed by atoms with van der Waals surface area (Å²) < 4.78 is 28.8. The van der Waals surface area contributed by atoms with Gasteiger partial charge >= 0.3 is 0 Å². The number of Topliss-reactive ketones (excluding diaryl/α,β-unsaturated/α-hetero) is 1. The number of sulfonamides is 1. The van der Waals surface area contributed by atoms with Crippen LogP contribution < -0.4 is 0 Å². The Morgan fingerprint density at radius 2 is 1.37 bits per heavy atom. The molecular formula is C25H23NO3S. The molecule has 5 heteroatoms. The minimum absolute atomic E-state index is 0.0339. The molecular weight excluding hydrogens is 394 g/mol. The molecule has 30 heavy (non-hydrogen) atoms. The topological polar surface area (TPSA) is 54.5 Å². The van der Waals surface area contributed by atoms with E-state index in [4.69, 9.17) is 0 Å². The number of hydrogen-bond donors (Lipinski definition) is 0. The van der Waals surface area contributed by atoms with Crippen LogP contribution in [0.5, 0.6) is 0 Å². The molecule has 0 saturated heterocycles. The number of allylic oxidation sites excluding steroid dienone is 2. The van der Waals surface area contributed by atoms with Crippen molar-refractivity contribution in [3.05, 3.63) is 113 Å². The third-order valence-corrected chi connectivity index (χ3v) is 7.24. The van der Waals surface area contributed by atoms with Crippen molar-refractivity contribution in [3.8, 4) is 0 Å². The Hall–Kier alpha value is -3.18. The molecule has 152 valence electrons. The molecule has 0 aliphatic heterocycles. The fourth-order valence-corrected chi connectivity index (χ4v) is 5.33. The fourth-order valence-electron chi connectivity index (χ4n) is 3.78. The highest BCUT2D eigenvalue weighted by molar-refractivity contribution is 7.89. The Morgan fingerprint density at radius 3 is 1.97 bits per heavy atom. The minimum atomic E-state index is -3.85. The van der Waals surface area contributed by atoms with Crippen LogP contribution in [-0.2, 0) is 21.4 Å². The standard InChI is InChI=1S/C25H23NO3S/c1-18-13-15-22(16-14-18)30(28,29)26(17-20-9-5-3-6-10-20)24-19(2)25(27)23(24)21-11-7-4-8-12-21/h3-16,23H,17H2,1-2H3/t23-/m1/s1. The first-order valence-corrected chi connectivity index (χ1v) is 11.3. The summed E-state index contributed by atoms with van der Waals surface area (Å²) >= 11 is 0. The Labute approximate surface area is 177 Å². The second-order valence-corrected chi connectivity index (χ2v) is 9.39. The van der Waals surface area contributed by atoms with Crippen molar-refractivity contribution in [2.75, 3.05) is 0 Å². The summed E-state index contributed by atoms with van der Waals surface area (Å²) in [5.74, 6) is -0.608. The van der Waals surface area contributed by atoms with E-state index in [1.165, 1.54) is 4.31 Å². The molecule has 3 aromatic rings. The molecule has 0 radical (unpaired) electrons. The number of benzene rings is 3. The smallest absolute Gasteiger partial charge is 0.264 e. The van der Waals surface area contributed by atoms with Gasteiger partial charge < -0.3 is 0 Å². The van der Waals surface area contributed by atoms with Gasteiger partial charge in [0.15, 0.2) is 5.78 Å². The number of carbonyl (C=O) groups excluding carboxylic acids is 1. The molecule has 0 heterocycles. The van der Waals surface area contributed by atoms with Crippen molar-refractivity contribution in [1.29, 1.82) is 0 Å². The van der Waals surface area contributed by atoms with E-state index >= 15 is 0 Å². The summed E-state index contributed by atoms with van der Waals surface area (Å²) in [4.78, 5) is 13.0. The Kier molecular flexibility index (Phi) is 5.31. The second kappa shape index (κ2) is 7.92. The lowest BCUT2D eigenvalue weighted by Gasteiger charge is -2.38. The van der Waals surface area contributed by atoms with E-state index in [2.05, 4.69) is 0 Å². The van der Waals surface area contributed by atoms with Crippen LogP contribution in [-0.4, -0.2) is 18.5 Å². The molecule has 0 N–H and O–H groups in total. The van der Waals surface area contributed by atoms with Crippen molar-refractivity contribution in [2.45, 2.75) is 31.2 Å². The van der Waals surface area contributed by atoms with Gasteiger partial charge in [-0.3, -0.25) is 9.10 Å². The number of nitrogens with zero attached hydrogens (tertiary/aromatic N) is 1. The third kappa shape index (κ3) is 3.57. The average molecular weight is 418 g/mol. The van der Waals surface area contributed by atoms with Crippen LogP contribution >= 0.6 is 0 Å². The van der Waals surface area contributed by atoms with Crippen LogP contribution in [0.25, 0.3) is 0 Å². The molecule has 1 aliphatic carbocycles. The number of hydrogen-bond acceptors (Lipinski definition) is 3. The molecule has 0 bridgehead atoms. The van der Waals surface area contributed by atoms with Gasteiger partial charge in [-0.25, -0.2) is 8.42 Å². The highest BCUT2D eigenvalue weighted by Crippen LogP contribution is 2.43. The molecule has 0 fully saturated rings. The largest absolute Gasteiger partial charge is 0.293 e. The van der Waals surface area contributed by atoms with Crippen molar-refractivity contribution < 1.29 is 13.2 Å². The predicted molar refractivity (Wildman–Crippen MR) is 117 cm³/mol. The van der Waals surface area contributed by atoms with Crippen LogP contribution in [0.15, 0.2) is 101 Å². The third-order valence-electron chi connectivity index (χ3n) is 5.47. The average Bonchev–Trinajstić information content (AvgIpc) is 2.77. The van der Waals surface area contributed by atoms with Gasteiger partial charge in [0.2, 0.25) is 0 Å². The van der Waals surface area contributed by atoms with E-state index in [9.17, 15) is 13.2 Å². The van der Waals surface area contributed by atoms with Gasteiger partial charge in [0.25, 0.3) is 10.0 Å². The first kappa shape index (κ1) is 20.1. The summed E-state index contributed by atoms with van der Waals surface area (Å²) in [5.41, 5.74) is 3.70. The molecule has 3 aromatic carbocycles. The lowest BCUT2D eigenvalue weighted by Crippen LogP contribution is -2.42. The highest BCUT2D eigenvalue weighted by atomic mass is 32.2. The zero-order valence-electron chi connectivity index (χ0n) is 16.9. The van der Waals surface area contributed by atoms with Gasteiger partial charge in [0, 0.05) is 5.57 Å². The molecule has 4 nitrogen and oxygen atoms in total. The van der Waals surface area contributed by atoms with Gasteiger partial charge in [-0.2, -0.15) is 0 Å². The van der Waals surface area contributed by atoms with Crippen LogP contribution in [0.4, 0.5) is 0 Å². The quantitative estimate of drug-likeness (QED) is 0.577. The first-order chi connectivity index (χ1) is 14.4. The van der Waals surface area contributed by atoms with Crippen molar-refractivity contribution in [1.82, 2.24) is 4.31 Å². The summed E-state index contributed by atoms with van der Waals surface area (Å²) in [6.07, 6.45) is 0. The van der Waals surface area contributed by atoms with Crippen molar-refractivity contribution in [2.24, 2.45) is 0 Å². The summed E-state index contributed by atoms with van der Waals surface area (Å²) in [7, 11) is -3.85. The Bertz CT molecular complexity index is 1200. The van der Waals surface area contributed by atoms with E-state index in [-0.39, 0.29) is 17.2 Å². The lowest BCUT2D eigenvalue weighted by atomic mass is 9.77. The van der Waals surface area contributed by atoms with Gasteiger partial charge in [-0.15, -0.1) is 0 Å². The zero-order chi connectivity index (χ0) is 21.3. The molecule has 0 amide bonds. The lowest BCUT2D eigenvalue weighted by molar-refractivity contribution is -0.118. The number of carbonyl (C=O) groups is 1. The van der Waals surface area contributed by atoms with Gasteiger partial charge in [-0.1, -0.05) is 78.4 Å². The fraction of sp³-hybridized carbons (Fsp3) is 0.160. The van der Waals surface area contributed by atoms with Crippen molar-refractivity contribution >= 4 is 15.8 Å². The Morgan fingerprint density at radius 1 is 0.800 bits per heavy atom. The van der Waals surface area contributed by atoms with Crippen LogP contribution in [0.1, 0.15) is 29.5 Å². The number of ketones is 1. The zero-order valence-corrected chi connectivity index (χ0v) is 17.8. The number of rotatable bonds is 6. The molecule has 0 spiro atoms. The van der Waals surface area contributed by atoms with E-state index in [1.54, 1.807) is 31.2 Å². The van der Waals surface area contributed by atoms with Gasteiger partial charge in [-0.05, 0) is 37.1 Å². The molecule has 0 unspecified atom stereocenters. The normalized spacial score (nSPS) is 16.3. The maximum atomic E-state index is 13.7. The highest BCUT2D eigenvalue weighted by Gasteiger charge is 2.44. The monoisotopic (exact) mass is 417 g/mol. The minimum Gasteiger partial charge on any atom is -0.293 e. The summed E-state index contributed by atoms with van der Waals surface area (Å²) in [6, 6.07) is 25.6. The maximum absolute atomic E-state index is 13.7. The maximum Gasteiger partial charge on any atom is 0.264 e. The predicted octanol–water partition coefficient (Wildman–Crippen LogP) is 4.83. The summed E-state index contributed by atoms with van der Waals surface area (Å²) in [6.45, 7) is 3.79. The van der Waals surface area contributed by atoms with Crippen LogP contribution in [0, 0.1) is 6.92 Å². The molecule has 1 atom stereocenters. The number of aryl methyl sites for hydroxylation is 1. The SMILES string of the molecule is CC1=C(N(Cc2ccccc2)S(=O)(=O)c2ccc(C)cc2)[C@@H](c2ccccc2)C1=O. The Balaban J connectivity index is 1.83. The van der Waals surface area contributed by atoms with E-state index in [0.717, 1.165) is 16.7 Å². The second-order valence-electron chi connectivity index (χ2n) is 7.53. The van der Waals surface area contributed by atoms with Gasteiger partial charge in [0.1, 0.15) is 0 Å².